The molecular weight excluding hydrogens is 246 g/mol. The number of hydrogen-bond acceptors (Lipinski definition) is 5. The molecule has 0 saturated heterocycles. The summed E-state index contributed by atoms with van der Waals surface area (Å²) in [6.07, 6.45) is 0. The van der Waals surface area contributed by atoms with Crippen molar-refractivity contribution in [3.8, 4) is 0 Å². The van der Waals surface area contributed by atoms with Crippen LogP contribution in [-0.2, 0) is 21.0 Å². The van der Waals surface area contributed by atoms with Crippen LogP contribution in [0.5, 0.6) is 0 Å². The lowest BCUT2D eigenvalue weighted by Gasteiger charge is -2.13. The summed E-state index contributed by atoms with van der Waals surface area (Å²) < 4.78 is 22.9. The maximum Gasteiger partial charge on any atom is 0.158 e. The zero-order valence-electron chi connectivity index (χ0n) is 9.73. The summed E-state index contributed by atoms with van der Waals surface area (Å²) in [7, 11) is -3.22. The standard InChI is InChI=1S/C10H17NO3S2/c1-10(2,3)9-11-8(6-15-9)7-16(13,14)5-4-12/h6,12H,4-5,7H2,1-3H3. The molecular formula is C10H17NO3S2. The molecule has 4 nitrogen and oxygen atoms in total. The van der Waals surface area contributed by atoms with Crippen molar-refractivity contribution >= 4 is 21.2 Å². The first kappa shape index (κ1) is 13.6. The van der Waals surface area contributed by atoms with Gasteiger partial charge >= 0.3 is 0 Å². The summed E-state index contributed by atoms with van der Waals surface area (Å²) >= 11 is 1.48. The van der Waals surface area contributed by atoms with Gasteiger partial charge in [-0.25, -0.2) is 13.4 Å². The Balaban J connectivity index is 2.81. The van der Waals surface area contributed by atoms with Gasteiger partial charge in [-0.2, -0.15) is 0 Å². The molecule has 0 bridgehead atoms. The molecule has 1 aromatic rings. The van der Waals surface area contributed by atoms with E-state index in [4.69, 9.17) is 5.11 Å². The van der Waals surface area contributed by atoms with Crippen molar-refractivity contribution in [3.63, 3.8) is 0 Å². The molecule has 6 heteroatoms. The number of hydrogen-bond donors (Lipinski definition) is 1. The van der Waals surface area contributed by atoms with Gasteiger partial charge < -0.3 is 5.11 Å². The molecule has 0 aliphatic rings. The van der Waals surface area contributed by atoms with E-state index in [1.807, 2.05) is 20.8 Å². The third-order valence-corrected chi connectivity index (χ3v) is 4.82. The Kier molecular flexibility index (Phi) is 4.09. The third kappa shape index (κ3) is 3.84. The van der Waals surface area contributed by atoms with E-state index in [1.165, 1.54) is 11.3 Å². The van der Waals surface area contributed by atoms with Crippen molar-refractivity contribution in [2.75, 3.05) is 12.4 Å². The molecule has 0 amide bonds. The summed E-state index contributed by atoms with van der Waals surface area (Å²) in [5, 5.41) is 11.3. The van der Waals surface area contributed by atoms with Crippen LogP contribution in [0, 0.1) is 0 Å². The van der Waals surface area contributed by atoms with E-state index in [9.17, 15) is 8.42 Å². The lowest BCUT2D eigenvalue weighted by Crippen LogP contribution is -2.14. The van der Waals surface area contributed by atoms with E-state index < -0.39 is 9.84 Å². The van der Waals surface area contributed by atoms with E-state index in [-0.39, 0.29) is 23.5 Å². The van der Waals surface area contributed by atoms with Gasteiger partial charge in [0.15, 0.2) is 9.84 Å². The average molecular weight is 263 g/mol. The van der Waals surface area contributed by atoms with Gasteiger partial charge in [-0.1, -0.05) is 20.8 Å². The number of thiazole rings is 1. The van der Waals surface area contributed by atoms with Crippen LogP contribution in [0.2, 0.25) is 0 Å². The van der Waals surface area contributed by atoms with Crippen molar-refractivity contribution in [1.29, 1.82) is 0 Å². The van der Waals surface area contributed by atoms with Crippen LogP contribution in [0.15, 0.2) is 5.38 Å². The molecule has 0 atom stereocenters. The number of rotatable bonds is 4. The third-order valence-electron chi connectivity index (χ3n) is 1.96. The lowest BCUT2D eigenvalue weighted by molar-refractivity contribution is 0.319. The number of sulfone groups is 1. The lowest BCUT2D eigenvalue weighted by atomic mass is 9.98. The zero-order chi connectivity index (χ0) is 12.4. The number of aromatic nitrogens is 1. The molecule has 0 spiro atoms. The normalized spacial score (nSPS) is 13.0. The fourth-order valence-electron chi connectivity index (χ4n) is 1.15. The predicted molar refractivity (Wildman–Crippen MR) is 65.4 cm³/mol. The Labute approximate surface area is 100 Å². The van der Waals surface area contributed by atoms with E-state index in [0.717, 1.165) is 5.01 Å². The number of nitrogens with zero attached hydrogens (tertiary/aromatic N) is 1. The zero-order valence-corrected chi connectivity index (χ0v) is 11.4. The first-order chi connectivity index (χ1) is 7.24. The monoisotopic (exact) mass is 263 g/mol. The van der Waals surface area contributed by atoms with Gasteiger partial charge in [-0.15, -0.1) is 11.3 Å². The molecule has 0 fully saturated rings. The molecule has 1 rings (SSSR count). The van der Waals surface area contributed by atoms with Crippen molar-refractivity contribution in [3.05, 3.63) is 16.1 Å². The van der Waals surface area contributed by atoms with Gasteiger partial charge in [0.05, 0.1) is 28.8 Å². The Hall–Kier alpha value is -0.460. The summed E-state index contributed by atoms with van der Waals surface area (Å²) in [4.78, 5) is 4.31. The van der Waals surface area contributed by atoms with Crippen LogP contribution < -0.4 is 0 Å². The van der Waals surface area contributed by atoms with E-state index in [0.29, 0.717) is 5.69 Å². The Bertz CT molecular complexity index is 443. The van der Waals surface area contributed by atoms with Crippen LogP contribution in [0.1, 0.15) is 31.5 Å². The first-order valence-corrected chi connectivity index (χ1v) is 7.71. The minimum absolute atomic E-state index is 0.0519. The Morgan fingerprint density at radius 1 is 1.44 bits per heavy atom. The number of aliphatic hydroxyl groups is 1. The van der Waals surface area contributed by atoms with Crippen LogP contribution >= 0.6 is 11.3 Å². The topological polar surface area (TPSA) is 67.3 Å². The fraction of sp³-hybridized carbons (Fsp3) is 0.700. The van der Waals surface area contributed by atoms with Gasteiger partial charge in [0, 0.05) is 10.8 Å². The van der Waals surface area contributed by atoms with Crippen molar-refractivity contribution in [2.24, 2.45) is 0 Å². The molecule has 1 N–H and O–H groups in total. The second-order valence-corrected chi connectivity index (χ2v) is 7.75. The SMILES string of the molecule is CC(C)(C)c1nc(CS(=O)(=O)CCO)cs1. The van der Waals surface area contributed by atoms with Gasteiger partial charge in [-0.05, 0) is 0 Å². The molecule has 0 aromatic carbocycles. The van der Waals surface area contributed by atoms with E-state index in [2.05, 4.69) is 4.98 Å². The molecule has 1 heterocycles. The van der Waals surface area contributed by atoms with Gasteiger partial charge in [0.1, 0.15) is 0 Å². The highest BCUT2D eigenvalue weighted by Gasteiger charge is 2.20. The molecule has 0 unspecified atom stereocenters. The Morgan fingerprint density at radius 3 is 2.50 bits per heavy atom. The minimum Gasteiger partial charge on any atom is -0.395 e. The van der Waals surface area contributed by atoms with E-state index in [1.54, 1.807) is 5.38 Å². The second-order valence-electron chi connectivity index (χ2n) is 4.71. The van der Waals surface area contributed by atoms with Gasteiger partial charge in [0.2, 0.25) is 0 Å². The quantitative estimate of drug-likeness (QED) is 0.890. The van der Waals surface area contributed by atoms with Crippen molar-refractivity contribution in [1.82, 2.24) is 4.98 Å². The van der Waals surface area contributed by atoms with Crippen molar-refractivity contribution < 1.29 is 13.5 Å². The molecule has 0 aliphatic heterocycles. The predicted octanol–water partition coefficient (Wildman–Crippen LogP) is 1.35. The summed E-state index contributed by atoms with van der Waals surface area (Å²) in [6, 6.07) is 0. The van der Waals surface area contributed by atoms with Crippen LogP contribution in [-0.4, -0.2) is 30.9 Å². The van der Waals surface area contributed by atoms with Crippen LogP contribution in [0.4, 0.5) is 0 Å². The Morgan fingerprint density at radius 2 is 2.06 bits per heavy atom. The minimum atomic E-state index is -3.22. The molecule has 1 aromatic heterocycles. The smallest absolute Gasteiger partial charge is 0.158 e. The van der Waals surface area contributed by atoms with E-state index >= 15 is 0 Å². The van der Waals surface area contributed by atoms with Crippen LogP contribution in [0.3, 0.4) is 0 Å². The highest BCUT2D eigenvalue weighted by Crippen LogP contribution is 2.26. The largest absolute Gasteiger partial charge is 0.395 e. The molecule has 0 radical (unpaired) electrons. The molecule has 0 saturated carbocycles. The molecule has 92 valence electrons. The first-order valence-electron chi connectivity index (χ1n) is 5.01. The summed E-state index contributed by atoms with van der Waals surface area (Å²) in [5.74, 6) is -0.282. The van der Waals surface area contributed by atoms with Crippen molar-refractivity contribution in [2.45, 2.75) is 31.9 Å². The van der Waals surface area contributed by atoms with Gasteiger partial charge in [-0.3, -0.25) is 0 Å². The van der Waals surface area contributed by atoms with Crippen LogP contribution in [0.25, 0.3) is 0 Å². The molecule has 16 heavy (non-hydrogen) atoms. The molecule has 0 aliphatic carbocycles. The maximum atomic E-state index is 11.5. The summed E-state index contributed by atoms with van der Waals surface area (Å²) in [5.41, 5.74) is 0.521. The second kappa shape index (κ2) is 4.81. The maximum absolute atomic E-state index is 11.5. The average Bonchev–Trinajstić information content (AvgIpc) is 2.50. The highest BCUT2D eigenvalue weighted by atomic mass is 32.2. The van der Waals surface area contributed by atoms with Gasteiger partial charge in [0.25, 0.3) is 0 Å². The fourth-order valence-corrected chi connectivity index (χ4v) is 3.19. The summed E-state index contributed by atoms with van der Waals surface area (Å²) in [6.45, 7) is 5.78. The number of aliphatic hydroxyl groups excluding tert-OH is 1. The highest BCUT2D eigenvalue weighted by molar-refractivity contribution is 7.90.